The predicted molar refractivity (Wildman–Crippen MR) is 207 cm³/mol. The van der Waals surface area contributed by atoms with Crippen LogP contribution in [0.2, 0.25) is 5.02 Å². The fraction of sp³-hybridized carbons (Fsp3) is 0.537. The molecule has 0 aliphatic carbocycles. The van der Waals surface area contributed by atoms with Gasteiger partial charge in [0, 0.05) is 37.5 Å². The molecule has 0 aromatic heterocycles. The van der Waals surface area contributed by atoms with Crippen molar-refractivity contribution < 1.29 is 47.8 Å². The van der Waals surface area contributed by atoms with Gasteiger partial charge < -0.3 is 40.5 Å². The van der Waals surface area contributed by atoms with E-state index in [1.165, 1.54) is 35.8 Å². The number of hydrogen-bond acceptors (Lipinski definition) is 9. The number of aryl methyl sites for hydroxylation is 1. The SMILES string of the molecule is Cc1cccc(C[C@H](NC(=O)Cc2ccc(Cl)cc2F)C(=O)N[C@@H]2C(=O)N3C[C@H](O)C[C@H]3C(=O)N3CCCC[C@H]3C(=O)N[C@@H](C)C(=O)N3CCC[C@H]3C(=O)O[C@H]2C)c1. The summed E-state index contributed by atoms with van der Waals surface area (Å²) in [7, 11) is 0. The number of fused-ring (bicyclic) bond motifs is 3. The van der Waals surface area contributed by atoms with Crippen molar-refractivity contribution in [3.63, 3.8) is 0 Å². The molecule has 6 rings (SSSR count). The molecule has 0 bridgehead atoms. The monoisotopic (exact) mass is 824 g/mol. The van der Waals surface area contributed by atoms with Crippen molar-refractivity contribution in [1.29, 1.82) is 0 Å². The predicted octanol–water partition coefficient (Wildman–Crippen LogP) is 1.33. The quantitative estimate of drug-likeness (QED) is 0.298. The molecular formula is C41H50ClFN6O9. The maximum absolute atomic E-state index is 14.7. The summed E-state index contributed by atoms with van der Waals surface area (Å²) in [6.45, 7) is 4.90. The molecule has 15 nitrogen and oxygen atoms in total. The zero-order valence-corrected chi connectivity index (χ0v) is 33.5. The highest BCUT2D eigenvalue weighted by Gasteiger charge is 2.48. The third kappa shape index (κ3) is 9.60. The van der Waals surface area contributed by atoms with Gasteiger partial charge in [-0.2, -0.15) is 0 Å². The summed E-state index contributed by atoms with van der Waals surface area (Å²) < 4.78 is 20.5. The third-order valence-corrected chi connectivity index (χ3v) is 11.6. The first-order valence-corrected chi connectivity index (χ1v) is 20.2. The maximum Gasteiger partial charge on any atom is 0.329 e. The fourth-order valence-corrected chi connectivity index (χ4v) is 8.51. The number of esters is 1. The van der Waals surface area contributed by atoms with Gasteiger partial charge in [0.1, 0.15) is 48.2 Å². The van der Waals surface area contributed by atoms with E-state index >= 15 is 0 Å². The summed E-state index contributed by atoms with van der Waals surface area (Å²) in [6, 6.07) is 3.88. The van der Waals surface area contributed by atoms with E-state index in [2.05, 4.69) is 16.0 Å². The summed E-state index contributed by atoms with van der Waals surface area (Å²) in [5.74, 6) is -5.57. The third-order valence-electron chi connectivity index (χ3n) is 11.3. The van der Waals surface area contributed by atoms with Gasteiger partial charge in [0.25, 0.3) is 0 Å². The van der Waals surface area contributed by atoms with E-state index in [0.717, 1.165) is 16.5 Å². The summed E-state index contributed by atoms with van der Waals surface area (Å²) in [5.41, 5.74) is 1.58. The van der Waals surface area contributed by atoms with Gasteiger partial charge in [-0.05, 0) is 76.1 Å². The number of amides is 6. The van der Waals surface area contributed by atoms with Crippen molar-refractivity contribution in [1.82, 2.24) is 30.7 Å². The molecule has 0 radical (unpaired) electrons. The van der Waals surface area contributed by atoms with Gasteiger partial charge in [-0.25, -0.2) is 9.18 Å². The van der Waals surface area contributed by atoms with Crippen LogP contribution in [0.4, 0.5) is 4.39 Å². The van der Waals surface area contributed by atoms with Crippen molar-refractivity contribution in [2.75, 3.05) is 19.6 Å². The van der Waals surface area contributed by atoms with Gasteiger partial charge in [0.2, 0.25) is 35.4 Å². The van der Waals surface area contributed by atoms with Crippen LogP contribution in [0.25, 0.3) is 0 Å². The molecule has 4 saturated heterocycles. The smallest absolute Gasteiger partial charge is 0.329 e. The Morgan fingerprint density at radius 2 is 1.66 bits per heavy atom. The lowest BCUT2D eigenvalue weighted by molar-refractivity contribution is -0.163. The van der Waals surface area contributed by atoms with Gasteiger partial charge >= 0.3 is 5.97 Å². The molecule has 8 atom stereocenters. The molecule has 4 aliphatic heterocycles. The summed E-state index contributed by atoms with van der Waals surface area (Å²) in [5, 5.41) is 19.1. The van der Waals surface area contributed by atoms with Crippen molar-refractivity contribution in [2.24, 2.45) is 0 Å². The molecule has 6 amide bonds. The zero-order chi connectivity index (χ0) is 41.8. The number of nitrogens with zero attached hydrogens (tertiary/aromatic N) is 3. The molecule has 4 N–H and O–H groups in total. The summed E-state index contributed by atoms with van der Waals surface area (Å²) in [4.78, 5) is 102. The van der Waals surface area contributed by atoms with E-state index in [-0.39, 0.29) is 49.5 Å². The number of nitrogens with one attached hydrogen (secondary N) is 3. The van der Waals surface area contributed by atoms with E-state index in [4.69, 9.17) is 16.3 Å². The lowest BCUT2D eigenvalue weighted by Crippen LogP contribution is -2.63. The van der Waals surface area contributed by atoms with Crippen LogP contribution < -0.4 is 16.0 Å². The minimum Gasteiger partial charge on any atom is -0.458 e. The highest BCUT2D eigenvalue weighted by atomic mass is 35.5. The highest BCUT2D eigenvalue weighted by molar-refractivity contribution is 6.30. The molecule has 0 unspecified atom stereocenters. The van der Waals surface area contributed by atoms with Crippen LogP contribution in [-0.4, -0.2) is 129 Å². The first kappa shape index (κ1) is 42.5. The Labute approximate surface area is 340 Å². The van der Waals surface area contributed by atoms with E-state index in [1.807, 2.05) is 19.1 Å². The Bertz CT molecular complexity index is 1950. The number of ether oxygens (including phenoxy) is 1. The van der Waals surface area contributed by atoms with Crippen LogP contribution in [0.1, 0.15) is 69.1 Å². The van der Waals surface area contributed by atoms with Crippen LogP contribution in [0, 0.1) is 12.7 Å². The number of cyclic esters (lactones) is 1. The summed E-state index contributed by atoms with van der Waals surface area (Å²) >= 11 is 5.90. The number of benzene rings is 2. The van der Waals surface area contributed by atoms with E-state index in [1.54, 1.807) is 12.1 Å². The number of halogens is 2. The van der Waals surface area contributed by atoms with E-state index < -0.39 is 102 Å². The van der Waals surface area contributed by atoms with Gasteiger partial charge in [0.15, 0.2) is 0 Å². The van der Waals surface area contributed by atoms with Crippen molar-refractivity contribution >= 4 is 53.0 Å². The van der Waals surface area contributed by atoms with E-state index in [9.17, 15) is 43.1 Å². The molecule has 17 heteroatoms. The average Bonchev–Trinajstić information content (AvgIpc) is 3.84. The minimum atomic E-state index is -1.64. The van der Waals surface area contributed by atoms with Crippen molar-refractivity contribution in [3.05, 3.63) is 70.0 Å². The lowest BCUT2D eigenvalue weighted by Gasteiger charge is -2.39. The number of aliphatic hydroxyl groups is 1. The van der Waals surface area contributed by atoms with Crippen LogP contribution in [0.15, 0.2) is 42.5 Å². The highest BCUT2D eigenvalue weighted by Crippen LogP contribution is 2.28. The largest absolute Gasteiger partial charge is 0.458 e. The fourth-order valence-electron chi connectivity index (χ4n) is 8.36. The molecule has 312 valence electrons. The molecule has 4 heterocycles. The van der Waals surface area contributed by atoms with Gasteiger partial charge in [0.05, 0.1) is 12.5 Å². The number of rotatable bonds is 7. The lowest BCUT2D eigenvalue weighted by atomic mass is 9.98. The standard InChI is InChI=1S/C41H50ClFN6O9/c1-22-8-6-9-25(16-22)17-30(45-34(51)18-26-12-13-27(42)19-29(26)43)36(52)46-35-24(3)58-41(57)32-11-7-15-48(32)38(54)23(2)44-37(53)31-10-4-5-14-47(31)39(55)33-20-28(50)21-49(33)40(35)56/h6,8-9,12-13,16,19,23-24,28,30-33,35,50H,4-5,7,10-11,14-15,17-18,20-21H2,1-3H3,(H,44,53)(H,45,51)(H,46,52)/t23-,24-,28+,30-,31-,32-,33-,35-/m0/s1. The van der Waals surface area contributed by atoms with E-state index in [0.29, 0.717) is 31.2 Å². The molecular weight excluding hydrogens is 775 g/mol. The number of aliphatic hydroxyl groups excluding tert-OH is 1. The second-order valence-corrected chi connectivity index (χ2v) is 16.1. The Hall–Kier alpha value is -5.09. The Balaban J connectivity index is 1.34. The van der Waals surface area contributed by atoms with Crippen molar-refractivity contribution in [2.45, 2.75) is 121 Å². The number of carbonyl (C=O) groups is 7. The summed E-state index contributed by atoms with van der Waals surface area (Å²) in [6.07, 6.45) is -0.857. The Kier molecular flexibility index (Phi) is 13.4. The Morgan fingerprint density at radius 1 is 0.931 bits per heavy atom. The van der Waals surface area contributed by atoms with Gasteiger partial charge in [-0.3, -0.25) is 28.8 Å². The number of hydrogen-bond donors (Lipinski definition) is 4. The van der Waals surface area contributed by atoms with Crippen LogP contribution >= 0.6 is 11.6 Å². The molecule has 4 aliphatic rings. The van der Waals surface area contributed by atoms with Crippen LogP contribution in [0.3, 0.4) is 0 Å². The molecule has 4 fully saturated rings. The topological polar surface area (TPSA) is 195 Å². The first-order valence-electron chi connectivity index (χ1n) is 19.8. The second-order valence-electron chi connectivity index (χ2n) is 15.7. The van der Waals surface area contributed by atoms with Crippen LogP contribution in [0.5, 0.6) is 0 Å². The van der Waals surface area contributed by atoms with Gasteiger partial charge in [-0.1, -0.05) is 47.5 Å². The maximum atomic E-state index is 14.7. The zero-order valence-electron chi connectivity index (χ0n) is 32.7. The number of piperidine rings is 1. The molecule has 58 heavy (non-hydrogen) atoms. The first-order chi connectivity index (χ1) is 27.6. The number of carbonyl (C=O) groups excluding carboxylic acids is 7. The molecule has 0 saturated carbocycles. The second kappa shape index (κ2) is 18.2. The Morgan fingerprint density at radius 3 is 2.40 bits per heavy atom. The molecule has 2 aromatic carbocycles. The van der Waals surface area contributed by atoms with Crippen molar-refractivity contribution in [3.8, 4) is 0 Å². The van der Waals surface area contributed by atoms with Gasteiger partial charge in [-0.15, -0.1) is 0 Å². The molecule has 2 aromatic rings. The minimum absolute atomic E-state index is 0.0374. The normalized spacial score (nSPS) is 27.6. The van der Waals surface area contributed by atoms with Crippen LogP contribution in [-0.2, 0) is 51.1 Å². The molecule has 0 spiro atoms. The average molecular weight is 825 g/mol.